The average molecular weight is 418 g/mol. The first-order chi connectivity index (χ1) is 12.9. The predicted octanol–water partition coefficient (Wildman–Crippen LogP) is 2.35. The van der Waals surface area contributed by atoms with E-state index in [2.05, 4.69) is 25.4 Å². The van der Waals surface area contributed by atoms with Crippen LogP contribution in [-0.4, -0.2) is 70.6 Å². The first kappa shape index (κ1) is 19.7. The summed E-state index contributed by atoms with van der Waals surface area (Å²) >= 11 is 2.18. The van der Waals surface area contributed by atoms with Crippen LogP contribution in [0.15, 0.2) is 28.7 Å². The van der Waals surface area contributed by atoms with E-state index in [0.29, 0.717) is 30.5 Å². The fourth-order valence-electron chi connectivity index (χ4n) is 2.46. The Kier molecular flexibility index (Phi) is 6.37. The predicted molar refractivity (Wildman–Crippen MR) is 98.2 cm³/mol. The summed E-state index contributed by atoms with van der Waals surface area (Å²) < 4.78 is 37.0. The largest absolute Gasteiger partial charge is 0.405 e. The molecule has 3 heterocycles. The van der Waals surface area contributed by atoms with Crippen molar-refractivity contribution in [3.05, 3.63) is 24.4 Å². The van der Waals surface area contributed by atoms with Crippen molar-refractivity contribution in [2.75, 3.05) is 48.7 Å². The zero-order valence-corrected chi connectivity index (χ0v) is 15.8. The van der Waals surface area contributed by atoms with Gasteiger partial charge >= 0.3 is 6.18 Å². The molecule has 146 valence electrons. The minimum Gasteiger partial charge on any atom is -0.353 e. The van der Waals surface area contributed by atoms with Gasteiger partial charge in [-0.3, -0.25) is 4.79 Å². The Bertz CT molecular complexity index is 750. The normalized spacial score (nSPS) is 15.1. The van der Waals surface area contributed by atoms with Gasteiger partial charge in [0, 0.05) is 32.4 Å². The molecule has 0 spiro atoms. The summed E-state index contributed by atoms with van der Waals surface area (Å²) in [7, 11) is 0. The average Bonchev–Trinajstić information content (AvgIpc) is 3.13. The highest BCUT2D eigenvalue weighted by Gasteiger charge is 2.27. The second kappa shape index (κ2) is 8.74. The molecular formula is C15H17F3N6OS2. The van der Waals surface area contributed by atoms with E-state index in [1.807, 2.05) is 18.2 Å². The fraction of sp³-hybridized carbons (Fsp3) is 0.467. The number of amides is 1. The first-order valence-electron chi connectivity index (χ1n) is 8.11. The number of carbonyl (C=O) groups excluding carboxylic acids is 1. The quantitative estimate of drug-likeness (QED) is 0.722. The maximum Gasteiger partial charge on any atom is 0.405 e. The molecule has 0 radical (unpaired) electrons. The minimum absolute atomic E-state index is 0.0272. The van der Waals surface area contributed by atoms with Crippen molar-refractivity contribution in [1.82, 2.24) is 20.1 Å². The number of halogens is 3. The summed E-state index contributed by atoms with van der Waals surface area (Å²) in [6.07, 6.45) is -2.57. The minimum atomic E-state index is -4.31. The number of thioether (sulfide) groups is 1. The van der Waals surface area contributed by atoms with Gasteiger partial charge in [-0.05, 0) is 12.1 Å². The highest BCUT2D eigenvalue weighted by atomic mass is 32.2. The second-order valence-electron chi connectivity index (χ2n) is 5.69. The third-order valence-corrected chi connectivity index (χ3v) is 5.77. The van der Waals surface area contributed by atoms with Gasteiger partial charge in [-0.1, -0.05) is 29.2 Å². The van der Waals surface area contributed by atoms with Crippen LogP contribution in [0.5, 0.6) is 0 Å². The highest BCUT2D eigenvalue weighted by Crippen LogP contribution is 2.27. The lowest BCUT2D eigenvalue weighted by Crippen LogP contribution is -2.49. The van der Waals surface area contributed by atoms with Crippen molar-refractivity contribution in [2.24, 2.45) is 0 Å². The Morgan fingerprint density at radius 1 is 1.22 bits per heavy atom. The molecule has 12 heteroatoms. The van der Waals surface area contributed by atoms with Crippen LogP contribution in [0, 0.1) is 0 Å². The van der Waals surface area contributed by atoms with Crippen LogP contribution in [0.1, 0.15) is 0 Å². The molecule has 1 fully saturated rings. The maximum absolute atomic E-state index is 12.3. The van der Waals surface area contributed by atoms with E-state index in [9.17, 15) is 18.0 Å². The van der Waals surface area contributed by atoms with E-state index in [1.54, 1.807) is 11.1 Å². The fourth-order valence-corrected chi connectivity index (χ4v) is 4.11. The van der Waals surface area contributed by atoms with Gasteiger partial charge in [0.1, 0.15) is 12.4 Å². The Hall–Kier alpha value is -2.08. The molecule has 1 amide bonds. The molecule has 0 bridgehead atoms. The first-order valence-corrected chi connectivity index (χ1v) is 9.91. The van der Waals surface area contributed by atoms with E-state index in [0.717, 1.165) is 17.2 Å². The molecule has 7 nitrogen and oxygen atoms in total. The van der Waals surface area contributed by atoms with Crippen LogP contribution in [-0.2, 0) is 4.79 Å². The maximum atomic E-state index is 12.3. The van der Waals surface area contributed by atoms with Crippen LogP contribution in [0.2, 0.25) is 0 Å². The molecule has 0 aliphatic carbocycles. The Morgan fingerprint density at radius 2 is 2.00 bits per heavy atom. The zero-order valence-electron chi connectivity index (χ0n) is 14.1. The summed E-state index contributed by atoms with van der Waals surface area (Å²) in [5, 5.41) is 9.72. The molecule has 0 atom stereocenters. The van der Waals surface area contributed by atoms with Crippen molar-refractivity contribution >= 4 is 40.0 Å². The SMILES string of the molecule is O=C(CSc1nnc(NCC(F)(F)F)s1)N1CCN(c2ccccn2)CC1. The summed E-state index contributed by atoms with van der Waals surface area (Å²) in [5.41, 5.74) is 0. The Morgan fingerprint density at radius 3 is 2.67 bits per heavy atom. The molecule has 0 saturated carbocycles. The molecule has 0 unspecified atom stereocenters. The molecule has 2 aromatic rings. The number of alkyl halides is 3. The summed E-state index contributed by atoms with van der Waals surface area (Å²) in [5.74, 6) is 1.05. The second-order valence-corrected chi connectivity index (χ2v) is 7.89. The lowest BCUT2D eigenvalue weighted by atomic mass is 10.3. The molecule has 3 rings (SSSR count). The van der Waals surface area contributed by atoms with Crippen molar-refractivity contribution in [3.8, 4) is 0 Å². The van der Waals surface area contributed by atoms with E-state index < -0.39 is 12.7 Å². The van der Waals surface area contributed by atoms with Gasteiger partial charge in [-0.25, -0.2) is 4.98 Å². The smallest absolute Gasteiger partial charge is 0.353 e. The van der Waals surface area contributed by atoms with Gasteiger partial charge in [-0.15, -0.1) is 10.2 Å². The van der Waals surface area contributed by atoms with Crippen molar-refractivity contribution in [3.63, 3.8) is 0 Å². The summed E-state index contributed by atoms with van der Waals surface area (Å²) in [6, 6.07) is 5.72. The van der Waals surface area contributed by atoms with Crippen LogP contribution in [0.3, 0.4) is 0 Å². The third kappa shape index (κ3) is 5.96. The molecule has 1 saturated heterocycles. The summed E-state index contributed by atoms with van der Waals surface area (Å²) in [4.78, 5) is 20.5. The molecule has 1 aliphatic heterocycles. The molecule has 1 N–H and O–H groups in total. The molecule has 0 aromatic carbocycles. The van der Waals surface area contributed by atoms with E-state index >= 15 is 0 Å². The number of nitrogens with zero attached hydrogens (tertiary/aromatic N) is 5. The van der Waals surface area contributed by atoms with Crippen molar-refractivity contribution in [1.29, 1.82) is 0 Å². The van der Waals surface area contributed by atoms with Crippen LogP contribution in [0.4, 0.5) is 24.1 Å². The highest BCUT2D eigenvalue weighted by molar-refractivity contribution is 8.01. The van der Waals surface area contributed by atoms with E-state index in [1.165, 1.54) is 11.8 Å². The lowest BCUT2D eigenvalue weighted by Gasteiger charge is -2.35. The number of anilines is 2. The van der Waals surface area contributed by atoms with Gasteiger partial charge in [0.25, 0.3) is 0 Å². The Balaban J connectivity index is 1.42. The topological polar surface area (TPSA) is 74.2 Å². The van der Waals surface area contributed by atoms with Gasteiger partial charge < -0.3 is 15.1 Å². The van der Waals surface area contributed by atoms with Crippen LogP contribution in [0.25, 0.3) is 0 Å². The van der Waals surface area contributed by atoms with Crippen molar-refractivity contribution in [2.45, 2.75) is 10.5 Å². The number of pyridine rings is 1. The number of carbonyl (C=O) groups is 1. The lowest BCUT2D eigenvalue weighted by molar-refractivity contribution is -0.128. The molecule has 27 heavy (non-hydrogen) atoms. The van der Waals surface area contributed by atoms with Gasteiger partial charge in [0.05, 0.1) is 5.75 Å². The number of piperazine rings is 1. The number of nitrogens with one attached hydrogen (secondary N) is 1. The van der Waals surface area contributed by atoms with Gasteiger partial charge in [0.15, 0.2) is 4.34 Å². The van der Waals surface area contributed by atoms with Gasteiger partial charge in [-0.2, -0.15) is 13.2 Å². The number of hydrogen-bond donors (Lipinski definition) is 1. The third-order valence-electron chi connectivity index (χ3n) is 3.77. The van der Waals surface area contributed by atoms with Crippen LogP contribution < -0.4 is 10.2 Å². The van der Waals surface area contributed by atoms with E-state index in [4.69, 9.17) is 0 Å². The molecule has 2 aromatic heterocycles. The van der Waals surface area contributed by atoms with Crippen molar-refractivity contribution < 1.29 is 18.0 Å². The monoisotopic (exact) mass is 418 g/mol. The standard InChI is InChI=1S/C15H17F3N6OS2/c16-15(17,18)10-20-13-21-22-14(27-13)26-9-12(25)24-7-5-23(6-8-24)11-3-1-2-4-19-11/h1-4H,5-10H2,(H,20,21). The number of aromatic nitrogens is 3. The Labute approximate surface area is 162 Å². The number of rotatable bonds is 6. The number of hydrogen-bond acceptors (Lipinski definition) is 8. The van der Waals surface area contributed by atoms with Crippen LogP contribution >= 0.6 is 23.1 Å². The molecule has 1 aliphatic rings. The van der Waals surface area contributed by atoms with E-state index in [-0.39, 0.29) is 16.8 Å². The summed E-state index contributed by atoms with van der Waals surface area (Å²) in [6.45, 7) is 1.45. The van der Waals surface area contributed by atoms with Gasteiger partial charge in [0.2, 0.25) is 11.0 Å². The molecular weight excluding hydrogens is 401 g/mol. The zero-order chi connectivity index (χ0) is 19.3.